The number of esters is 1. The summed E-state index contributed by atoms with van der Waals surface area (Å²) in [4.78, 5) is 11.8. The molecule has 0 amide bonds. The lowest BCUT2D eigenvalue weighted by Gasteiger charge is -2.12. The van der Waals surface area contributed by atoms with E-state index in [-0.39, 0.29) is 0 Å². The molecule has 128 valence electrons. The van der Waals surface area contributed by atoms with Gasteiger partial charge in [0.1, 0.15) is 0 Å². The Balaban J connectivity index is 2.07. The molecule has 0 aliphatic heterocycles. The van der Waals surface area contributed by atoms with Crippen LogP contribution in [0.4, 0.5) is 0 Å². The summed E-state index contributed by atoms with van der Waals surface area (Å²) in [6, 6.07) is 10.3. The SMILES string of the molecule is CCOC(=O)c1ccc(OC)c(OCCc2ccc(Cl)cc2Cl)c1. The molecule has 0 aliphatic carbocycles. The van der Waals surface area contributed by atoms with Crippen molar-refractivity contribution in [3.05, 3.63) is 57.6 Å². The maximum absolute atomic E-state index is 11.8. The van der Waals surface area contributed by atoms with E-state index in [1.807, 2.05) is 6.07 Å². The first-order valence-corrected chi connectivity index (χ1v) is 8.22. The van der Waals surface area contributed by atoms with Gasteiger partial charge in [-0.2, -0.15) is 0 Å². The number of carbonyl (C=O) groups excluding carboxylic acids is 1. The average Bonchev–Trinajstić information content (AvgIpc) is 2.57. The number of methoxy groups -OCH3 is 1. The Morgan fingerprint density at radius 3 is 2.54 bits per heavy atom. The molecule has 2 rings (SSSR count). The summed E-state index contributed by atoms with van der Waals surface area (Å²) < 4.78 is 16.0. The maximum atomic E-state index is 11.8. The van der Waals surface area contributed by atoms with Gasteiger partial charge in [0.15, 0.2) is 11.5 Å². The third kappa shape index (κ3) is 4.79. The van der Waals surface area contributed by atoms with Crippen molar-refractivity contribution in [1.82, 2.24) is 0 Å². The molecule has 0 heterocycles. The van der Waals surface area contributed by atoms with Crippen molar-refractivity contribution in [2.45, 2.75) is 13.3 Å². The van der Waals surface area contributed by atoms with Crippen molar-refractivity contribution in [2.24, 2.45) is 0 Å². The molecule has 0 spiro atoms. The fourth-order valence-corrected chi connectivity index (χ4v) is 2.63. The monoisotopic (exact) mass is 368 g/mol. The number of ether oxygens (including phenoxy) is 3. The predicted molar refractivity (Wildman–Crippen MR) is 94.6 cm³/mol. The first-order chi connectivity index (χ1) is 11.5. The van der Waals surface area contributed by atoms with Crippen molar-refractivity contribution in [3.8, 4) is 11.5 Å². The number of benzene rings is 2. The second kappa shape index (κ2) is 8.81. The van der Waals surface area contributed by atoms with Crippen molar-refractivity contribution < 1.29 is 19.0 Å². The standard InChI is InChI=1S/C18H18Cl2O4/c1-3-23-18(21)13-5-7-16(22-2)17(10-13)24-9-8-12-4-6-14(19)11-15(12)20/h4-7,10-11H,3,8-9H2,1-2H3. The first-order valence-electron chi connectivity index (χ1n) is 7.47. The lowest BCUT2D eigenvalue weighted by Crippen LogP contribution is -2.07. The highest BCUT2D eigenvalue weighted by Gasteiger charge is 2.12. The summed E-state index contributed by atoms with van der Waals surface area (Å²) in [7, 11) is 1.54. The lowest BCUT2D eigenvalue weighted by molar-refractivity contribution is 0.0526. The van der Waals surface area contributed by atoms with Gasteiger partial charge in [0.05, 0.1) is 25.9 Å². The van der Waals surface area contributed by atoms with E-state index in [1.165, 1.54) is 0 Å². The summed E-state index contributed by atoms with van der Waals surface area (Å²) in [6.07, 6.45) is 0.600. The third-order valence-corrected chi connectivity index (χ3v) is 3.91. The molecule has 0 saturated heterocycles. The highest BCUT2D eigenvalue weighted by atomic mass is 35.5. The van der Waals surface area contributed by atoms with E-state index in [0.29, 0.717) is 46.7 Å². The van der Waals surface area contributed by atoms with E-state index in [1.54, 1.807) is 44.4 Å². The fraction of sp³-hybridized carbons (Fsp3) is 0.278. The Bertz CT molecular complexity index is 716. The maximum Gasteiger partial charge on any atom is 0.338 e. The van der Waals surface area contributed by atoms with Gasteiger partial charge in [0, 0.05) is 16.5 Å². The lowest BCUT2D eigenvalue weighted by atomic mass is 10.1. The molecule has 4 nitrogen and oxygen atoms in total. The predicted octanol–water partition coefficient (Wildman–Crippen LogP) is 4.80. The van der Waals surface area contributed by atoms with Crippen molar-refractivity contribution >= 4 is 29.2 Å². The van der Waals surface area contributed by atoms with Gasteiger partial charge in [-0.3, -0.25) is 0 Å². The molecule has 0 saturated carbocycles. The largest absolute Gasteiger partial charge is 0.493 e. The minimum atomic E-state index is -0.397. The van der Waals surface area contributed by atoms with Crippen LogP contribution in [0.15, 0.2) is 36.4 Å². The van der Waals surface area contributed by atoms with Gasteiger partial charge in [-0.15, -0.1) is 0 Å². The molecular weight excluding hydrogens is 351 g/mol. The van der Waals surface area contributed by atoms with Crippen LogP contribution in [0.2, 0.25) is 10.0 Å². The molecule has 0 fully saturated rings. The Morgan fingerprint density at radius 1 is 1.08 bits per heavy atom. The zero-order valence-corrected chi connectivity index (χ0v) is 15.0. The Labute approximate surface area is 151 Å². The number of hydrogen-bond donors (Lipinski definition) is 0. The van der Waals surface area contributed by atoms with Gasteiger partial charge in [-0.05, 0) is 42.8 Å². The molecular formula is C18H18Cl2O4. The number of rotatable bonds is 7. The van der Waals surface area contributed by atoms with Gasteiger partial charge in [0.25, 0.3) is 0 Å². The van der Waals surface area contributed by atoms with E-state index >= 15 is 0 Å². The van der Waals surface area contributed by atoms with E-state index in [4.69, 9.17) is 37.4 Å². The van der Waals surface area contributed by atoms with Crippen LogP contribution in [-0.4, -0.2) is 26.3 Å². The van der Waals surface area contributed by atoms with Gasteiger partial charge in [-0.1, -0.05) is 29.3 Å². The molecule has 24 heavy (non-hydrogen) atoms. The summed E-state index contributed by atoms with van der Waals surface area (Å²) in [5.74, 6) is 0.629. The molecule has 0 atom stereocenters. The quantitative estimate of drug-likeness (QED) is 0.658. The van der Waals surface area contributed by atoms with E-state index < -0.39 is 5.97 Å². The van der Waals surface area contributed by atoms with Crippen LogP contribution in [0.25, 0.3) is 0 Å². The number of halogens is 2. The third-order valence-electron chi connectivity index (χ3n) is 3.32. The van der Waals surface area contributed by atoms with Gasteiger partial charge < -0.3 is 14.2 Å². The normalized spacial score (nSPS) is 10.3. The van der Waals surface area contributed by atoms with Crippen LogP contribution < -0.4 is 9.47 Å². The van der Waals surface area contributed by atoms with E-state index in [0.717, 1.165) is 5.56 Å². The Morgan fingerprint density at radius 2 is 1.88 bits per heavy atom. The zero-order valence-electron chi connectivity index (χ0n) is 13.5. The summed E-state index contributed by atoms with van der Waals surface area (Å²) in [5, 5.41) is 1.19. The minimum absolute atomic E-state index is 0.316. The molecule has 0 aromatic heterocycles. The molecule has 2 aromatic rings. The topological polar surface area (TPSA) is 44.8 Å². The molecule has 0 unspecified atom stereocenters. The second-order valence-electron chi connectivity index (χ2n) is 4.92. The molecule has 6 heteroatoms. The Hall–Kier alpha value is -1.91. The summed E-state index contributed by atoms with van der Waals surface area (Å²) in [5.41, 5.74) is 1.35. The molecule has 0 aliphatic rings. The van der Waals surface area contributed by atoms with Crippen LogP contribution >= 0.6 is 23.2 Å². The average molecular weight is 369 g/mol. The van der Waals surface area contributed by atoms with Crippen LogP contribution in [0.3, 0.4) is 0 Å². The number of carbonyl (C=O) groups is 1. The molecule has 0 N–H and O–H groups in total. The Kier molecular flexibility index (Phi) is 6.76. The van der Waals surface area contributed by atoms with Crippen LogP contribution in [0.1, 0.15) is 22.8 Å². The zero-order chi connectivity index (χ0) is 17.5. The minimum Gasteiger partial charge on any atom is -0.493 e. The molecule has 2 aromatic carbocycles. The van der Waals surface area contributed by atoms with Crippen molar-refractivity contribution in [2.75, 3.05) is 20.3 Å². The molecule has 0 bridgehead atoms. The van der Waals surface area contributed by atoms with Gasteiger partial charge in [0.2, 0.25) is 0 Å². The van der Waals surface area contributed by atoms with E-state index in [2.05, 4.69) is 0 Å². The smallest absolute Gasteiger partial charge is 0.338 e. The fourth-order valence-electron chi connectivity index (χ4n) is 2.13. The van der Waals surface area contributed by atoms with Gasteiger partial charge in [-0.25, -0.2) is 4.79 Å². The first kappa shape index (κ1) is 18.4. The van der Waals surface area contributed by atoms with Crippen LogP contribution in [-0.2, 0) is 11.2 Å². The van der Waals surface area contributed by atoms with Crippen LogP contribution in [0.5, 0.6) is 11.5 Å². The highest BCUT2D eigenvalue weighted by Crippen LogP contribution is 2.29. The molecule has 0 radical (unpaired) electrons. The van der Waals surface area contributed by atoms with E-state index in [9.17, 15) is 4.79 Å². The van der Waals surface area contributed by atoms with Crippen molar-refractivity contribution in [3.63, 3.8) is 0 Å². The highest BCUT2D eigenvalue weighted by molar-refractivity contribution is 6.35. The summed E-state index contributed by atoms with van der Waals surface area (Å²) in [6.45, 7) is 2.45. The summed E-state index contributed by atoms with van der Waals surface area (Å²) >= 11 is 12.0. The van der Waals surface area contributed by atoms with Crippen LogP contribution in [0, 0.1) is 0 Å². The second-order valence-corrected chi connectivity index (χ2v) is 5.76. The number of hydrogen-bond acceptors (Lipinski definition) is 4. The van der Waals surface area contributed by atoms with Crippen molar-refractivity contribution in [1.29, 1.82) is 0 Å². The van der Waals surface area contributed by atoms with Gasteiger partial charge >= 0.3 is 5.97 Å².